The first-order valence-electron chi connectivity index (χ1n) is 12.3. The van der Waals surface area contributed by atoms with E-state index in [1.54, 1.807) is 0 Å². The zero-order chi connectivity index (χ0) is 24.8. The van der Waals surface area contributed by atoms with Gasteiger partial charge in [-0.25, -0.2) is 0 Å². The molecule has 0 bridgehead atoms. The van der Waals surface area contributed by atoms with E-state index in [9.17, 15) is 0 Å². The van der Waals surface area contributed by atoms with Gasteiger partial charge in [0.05, 0.1) is 119 Å². The Labute approximate surface area is 206 Å². The van der Waals surface area contributed by atoms with Crippen molar-refractivity contribution in [2.45, 2.75) is 0 Å². The summed E-state index contributed by atoms with van der Waals surface area (Å²) in [7, 11) is 5.94. The molecule has 0 rings (SSSR count). The Balaban J connectivity index is 3.00. The zero-order valence-electron chi connectivity index (χ0n) is 21.8. The van der Waals surface area contributed by atoms with E-state index in [1.807, 2.05) is 21.1 Å². The summed E-state index contributed by atoms with van der Waals surface area (Å²) >= 11 is 0. The van der Waals surface area contributed by atoms with Gasteiger partial charge in [0.15, 0.2) is 0 Å². The molecule has 1 N–H and O–H groups in total. The van der Waals surface area contributed by atoms with Gasteiger partial charge in [-0.1, -0.05) is 0 Å². The van der Waals surface area contributed by atoms with Crippen LogP contribution in [0.4, 0.5) is 0 Å². The maximum absolute atomic E-state index is 5.45. The minimum absolute atomic E-state index is 0.534. The van der Waals surface area contributed by atoms with E-state index >= 15 is 0 Å². The van der Waals surface area contributed by atoms with Gasteiger partial charge in [0, 0.05) is 13.1 Å². The normalized spacial score (nSPS) is 11.6. The van der Waals surface area contributed by atoms with Gasteiger partial charge < -0.3 is 52.8 Å². The van der Waals surface area contributed by atoms with Crippen molar-refractivity contribution in [2.24, 2.45) is 0 Å². The lowest BCUT2D eigenvalue weighted by Gasteiger charge is -2.10. The molecular weight excluding hydrogens is 448 g/mol. The van der Waals surface area contributed by atoms with Crippen LogP contribution >= 0.6 is 0 Å². The molecule has 0 unspecified atom stereocenters. The van der Waals surface area contributed by atoms with E-state index in [2.05, 4.69) is 10.2 Å². The predicted octanol–water partition coefficient (Wildman–Crippen LogP) is -0.0832. The second-order valence-corrected chi connectivity index (χ2v) is 7.42. The molecule has 0 spiro atoms. The Morgan fingerprint density at radius 2 is 0.618 bits per heavy atom. The molecule has 0 aromatic rings. The monoisotopic (exact) mass is 498 g/mol. The van der Waals surface area contributed by atoms with E-state index in [1.165, 1.54) is 0 Å². The summed E-state index contributed by atoms with van der Waals surface area (Å²) in [6.45, 7) is 12.1. The number of hydrogen-bond acceptors (Lipinski definition) is 11. The third-order valence-corrected chi connectivity index (χ3v) is 4.16. The van der Waals surface area contributed by atoms with Gasteiger partial charge in [-0.05, 0) is 21.1 Å². The van der Waals surface area contributed by atoms with Gasteiger partial charge in [-0.3, -0.25) is 0 Å². The Kier molecular flexibility index (Phi) is 30.2. The molecule has 0 aliphatic heterocycles. The lowest BCUT2D eigenvalue weighted by molar-refractivity contribution is -0.0250. The summed E-state index contributed by atoms with van der Waals surface area (Å²) < 4.78 is 48.8. The van der Waals surface area contributed by atoms with E-state index in [0.29, 0.717) is 112 Å². The maximum Gasteiger partial charge on any atom is 0.0701 e. The first-order valence-corrected chi connectivity index (χ1v) is 12.3. The van der Waals surface area contributed by atoms with E-state index in [4.69, 9.17) is 42.6 Å². The predicted molar refractivity (Wildman–Crippen MR) is 130 cm³/mol. The van der Waals surface area contributed by atoms with E-state index < -0.39 is 0 Å². The quantitative estimate of drug-likeness (QED) is 0.135. The van der Waals surface area contributed by atoms with Crippen LogP contribution in [0.1, 0.15) is 0 Å². The summed E-state index contributed by atoms with van der Waals surface area (Å²) in [4.78, 5) is 2.08. The van der Waals surface area contributed by atoms with Crippen molar-refractivity contribution in [3.8, 4) is 0 Å². The van der Waals surface area contributed by atoms with Crippen LogP contribution in [0.15, 0.2) is 0 Å². The van der Waals surface area contributed by atoms with Crippen LogP contribution in [-0.4, -0.2) is 158 Å². The zero-order valence-corrected chi connectivity index (χ0v) is 21.8. The van der Waals surface area contributed by atoms with Crippen LogP contribution in [0.2, 0.25) is 0 Å². The topological polar surface area (TPSA) is 98.3 Å². The first-order chi connectivity index (χ1) is 16.8. The Bertz CT molecular complexity index is 369. The van der Waals surface area contributed by atoms with Gasteiger partial charge >= 0.3 is 0 Å². The van der Waals surface area contributed by atoms with Crippen molar-refractivity contribution < 1.29 is 42.6 Å². The third-order valence-electron chi connectivity index (χ3n) is 4.16. The Morgan fingerprint density at radius 1 is 0.382 bits per heavy atom. The molecule has 11 nitrogen and oxygen atoms in total. The first kappa shape index (κ1) is 33.6. The summed E-state index contributed by atoms with van der Waals surface area (Å²) in [5, 5.41) is 3.02. The molecule has 34 heavy (non-hydrogen) atoms. The number of nitrogens with zero attached hydrogens (tertiary/aromatic N) is 1. The average molecular weight is 499 g/mol. The van der Waals surface area contributed by atoms with Crippen LogP contribution in [0, 0.1) is 0 Å². The highest BCUT2D eigenvalue weighted by atomic mass is 16.6. The second-order valence-electron chi connectivity index (χ2n) is 7.42. The minimum Gasteiger partial charge on any atom is -0.378 e. The lowest BCUT2D eigenvalue weighted by Crippen LogP contribution is -2.19. The summed E-state index contributed by atoms with van der Waals surface area (Å²) in [6.07, 6.45) is 0. The summed E-state index contributed by atoms with van der Waals surface area (Å²) in [6, 6.07) is 0. The van der Waals surface area contributed by atoms with Crippen LogP contribution in [0.3, 0.4) is 0 Å². The number of likely N-dealkylation sites (N-methyl/N-ethyl adjacent to an activating group) is 2. The minimum atomic E-state index is 0.534. The molecule has 0 atom stereocenters. The van der Waals surface area contributed by atoms with Crippen molar-refractivity contribution >= 4 is 0 Å². The van der Waals surface area contributed by atoms with Gasteiger partial charge in [0.1, 0.15) is 0 Å². The van der Waals surface area contributed by atoms with Gasteiger partial charge in [0.2, 0.25) is 0 Å². The van der Waals surface area contributed by atoms with Gasteiger partial charge in [-0.2, -0.15) is 0 Å². The second kappa shape index (κ2) is 30.6. The third kappa shape index (κ3) is 31.6. The number of nitrogens with one attached hydrogen (secondary N) is 1. The molecule has 11 heteroatoms. The van der Waals surface area contributed by atoms with Crippen molar-refractivity contribution in [1.29, 1.82) is 0 Å². The summed E-state index contributed by atoms with van der Waals surface area (Å²) in [5.41, 5.74) is 0. The lowest BCUT2D eigenvalue weighted by atomic mass is 10.6. The van der Waals surface area contributed by atoms with Crippen LogP contribution in [0.5, 0.6) is 0 Å². The van der Waals surface area contributed by atoms with E-state index in [-0.39, 0.29) is 0 Å². The highest BCUT2D eigenvalue weighted by molar-refractivity contribution is 4.41. The van der Waals surface area contributed by atoms with Gasteiger partial charge in [0.25, 0.3) is 0 Å². The largest absolute Gasteiger partial charge is 0.378 e. The van der Waals surface area contributed by atoms with Crippen molar-refractivity contribution in [2.75, 3.05) is 153 Å². The molecule has 0 heterocycles. The highest BCUT2D eigenvalue weighted by Crippen LogP contribution is 1.86. The fraction of sp³-hybridized carbons (Fsp3) is 1.00. The maximum atomic E-state index is 5.45. The molecule has 0 aliphatic rings. The average Bonchev–Trinajstić information content (AvgIpc) is 2.83. The molecule has 0 saturated carbocycles. The standard InChI is InChI=1S/C23H50N2O9/c1-24-4-6-26-8-10-28-12-14-30-16-18-32-20-22-34-23-21-33-19-17-31-15-13-29-11-9-27-7-5-25(2)3/h24H,4-23H2,1-3H3. The molecule has 0 aromatic heterocycles. The van der Waals surface area contributed by atoms with E-state index in [0.717, 1.165) is 19.7 Å². The number of ether oxygens (including phenoxy) is 9. The molecule has 0 radical (unpaired) electrons. The number of rotatable bonds is 30. The number of hydrogen-bond donors (Lipinski definition) is 1. The summed E-state index contributed by atoms with van der Waals surface area (Å²) in [5.74, 6) is 0. The fourth-order valence-corrected chi connectivity index (χ4v) is 2.28. The highest BCUT2D eigenvalue weighted by Gasteiger charge is 1.96. The Hall–Kier alpha value is -0.440. The molecule has 0 fully saturated rings. The van der Waals surface area contributed by atoms with Crippen molar-refractivity contribution in [3.05, 3.63) is 0 Å². The molecular formula is C23H50N2O9. The molecule has 0 amide bonds. The van der Waals surface area contributed by atoms with Crippen molar-refractivity contribution in [1.82, 2.24) is 10.2 Å². The van der Waals surface area contributed by atoms with Crippen LogP contribution in [-0.2, 0) is 42.6 Å². The van der Waals surface area contributed by atoms with Crippen LogP contribution in [0.25, 0.3) is 0 Å². The molecule has 0 aromatic carbocycles. The molecule has 0 saturated heterocycles. The SMILES string of the molecule is CNCCOCCOCCOCCOCCOCCOCCOCCOCCOCCN(C)C. The van der Waals surface area contributed by atoms with Crippen LogP contribution < -0.4 is 5.32 Å². The molecule has 0 aliphatic carbocycles. The Morgan fingerprint density at radius 3 is 0.853 bits per heavy atom. The fourth-order valence-electron chi connectivity index (χ4n) is 2.28. The van der Waals surface area contributed by atoms with Gasteiger partial charge in [-0.15, -0.1) is 0 Å². The van der Waals surface area contributed by atoms with Crippen molar-refractivity contribution in [3.63, 3.8) is 0 Å². The molecule has 206 valence electrons. The smallest absolute Gasteiger partial charge is 0.0701 e.